The van der Waals surface area contributed by atoms with Crippen molar-refractivity contribution >= 4 is 0 Å². The number of tetrazole rings is 1. The van der Waals surface area contributed by atoms with Gasteiger partial charge in [-0.3, -0.25) is 0 Å². The molecule has 3 rings (SSSR count). The average molecular weight is 257 g/mol. The molecule has 0 bridgehead atoms. The summed E-state index contributed by atoms with van der Waals surface area (Å²) in [5.41, 5.74) is 2.27. The summed E-state index contributed by atoms with van der Waals surface area (Å²) in [6.07, 6.45) is 3.44. The number of aryl methyl sites for hydroxylation is 1. The van der Waals surface area contributed by atoms with Crippen LogP contribution in [0.2, 0.25) is 0 Å². The van der Waals surface area contributed by atoms with E-state index in [1.807, 2.05) is 16.8 Å². The van der Waals surface area contributed by atoms with E-state index in [0.717, 1.165) is 31.0 Å². The van der Waals surface area contributed by atoms with Crippen LogP contribution in [0.3, 0.4) is 0 Å². The van der Waals surface area contributed by atoms with Crippen LogP contribution in [-0.4, -0.2) is 33.3 Å². The zero-order valence-corrected chi connectivity index (χ0v) is 11.2. The van der Waals surface area contributed by atoms with E-state index in [9.17, 15) is 0 Å². The molecule has 0 saturated carbocycles. The molecule has 1 fully saturated rings. The molecule has 0 aliphatic carbocycles. The van der Waals surface area contributed by atoms with Crippen molar-refractivity contribution in [2.24, 2.45) is 5.92 Å². The van der Waals surface area contributed by atoms with E-state index >= 15 is 0 Å². The lowest BCUT2D eigenvalue weighted by atomic mass is 9.96. The van der Waals surface area contributed by atoms with Crippen molar-refractivity contribution in [3.8, 4) is 5.69 Å². The average Bonchev–Trinajstić information content (AvgIpc) is 2.88. The van der Waals surface area contributed by atoms with Gasteiger partial charge in [0.2, 0.25) is 0 Å². The molecular formula is C14H19N5. The Morgan fingerprint density at radius 3 is 3.05 bits per heavy atom. The molecule has 5 heteroatoms. The first kappa shape index (κ1) is 12.3. The molecule has 5 nitrogen and oxygen atoms in total. The number of hydrogen-bond donors (Lipinski definition) is 1. The largest absolute Gasteiger partial charge is 0.316 e. The summed E-state index contributed by atoms with van der Waals surface area (Å²) in [6.45, 7) is 4.29. The fraction of sp³-hybridized carbons (Fsp3) is 0.500. The lowest BCUT2D eigenvalue weighted by molar-refractivity contribution is 0.368. The Balaban J connectivity index is 1.84. The predicted molar refractivity (Wildman–Crippen MR) is 73.2 cm³/mol. The second-order valence-electron chi connectivity index (χ2n) is 5.21. The number of aromatic nitrogens is 4. The summed E-state index contributed by atoms with van der Waals surface area (Å²) < 4.78 is 1.88. The first-order chi connectivity index (χ1) is 9.34. The molecule has 2 aromatic rings. The highest BCUT2D eigenvalue weighted by Crippen LogP contribution is 2.18. The minimum absolute atomic E-state index is 0.641. The topological polar surface area (TPSA) is 55.6 Å². The Bertz CT molecular complexity index is 542. The van der Waals surface area contributed by atoms with Gasteiger partial charge < -0.3 is 5.32 Å². The Morgan fingerprint density at radius 2 is 2.26 bits per heavy atom. The van der Waals surface area contributed by atoms with Gasteiger partial charge in [-0.1, -0.05) is 18.2 Å². The Morgan fingerprint density at radius 1 is 1.37 bits per heavy atom. The number of benzene rings is 1. The van der Waals surface area contributed by atoms with E-state index in [1.54, 1.807) is 0 Å². The van der Waals surface area contributed by atoms with Crippen molar-refractivity contribution in [2.75, 3.05) is 13.1 Å². The lowest BCUT2D eigenvalue weighted by Crippen LogP contribution is -2.31. The maximum Gasteiger partial charge on any atom is 0.157 e. The van der Waals surface area contributed by atoms with Gasteiger partial charge in [-0.25, -0.2) is 0 Å². The van der Waals surface area contributed by atoms with Crippen LogP contribution in [0.15, 0.2) is 24.3 Å². The standard InChI is InChI=1S/C14H19N5/c1-11-5-2-3-7-13(11)19-14(16-17-18-19)9-12-6-4-8-15-10-12/h2-3,5,7,12,15H,4,6,8-10H2,1H3. The molecule has 19 heavy (non-hydrogen) atoms. The highest BCUT2D eigenvalue weighted by Gasteiger charge is 2.18. The molecule has 0 spiro atoms. The predicted octanol–water partition coefficient (Wildman–Crippen LogP) is 1.51. The van der Waals surface area contributed by atoms with Gasteiger partial charge in [0.05, 0.1) is 5.69 Å². The smallest absolute Gasteiger partial charge is 0.157 e. The Kier molecular flexibility index (Phi) is 3.55. The van der Waals surface area contributed by atoms with Gasteiger partial charge in [-0.2, -0.15) is 4.68 Å². The molecule has 1 aromatic carbocycles. The van der Waals surface area contributed by atoms with Crippen molar-refractivity contribution in [3.05, 3.63) is 35.7 Å². The summed E-state index contributed by atoms with van der Waals surface area (Å²) >= 11 is 0. The first-order valence-corrected chi connectivity index (χ1v) is 6.88. The number of rotatable bonds is 3. The molecule has 1 unspecified atom stereocenters. The minimum Gasteiger partial charge on any atom is -0.316 e. The molecular weight excluding hydrogens is 238 g/mol. The number of piperidine rings is 1. The fourth-order valence-corrected chi connectivity index (χ4v) is 2.68. The molecule has 1 aliphatic heterocycles. The molecule has 1 saturated heterocycles. The van der Waals surface area contributed by atoms with Gasteiger partial charge in [-0.15, -0.1) is 5.10 Å². The van der Waals surface area contributed by atoms with Crippen LogP contribution in [-0.2, 0) is 6.42 Å². The van der Waals surface area contributed by atoms with E-state index in [4.69, 9.17) is 0 Å². The summed E-state index contributed by atoms with van der Waals surface area (Å²) in [5, 5.41) is 15.6. The van der Waals surface area contributed by atoms with E-state index < -0.39 is 0 Å². The number of hydrogen-bond acceptors (Lipinski definition) is 4. The van der Waals surface area contributed by atoms with Gasteiger partial charge in [0.15, 0.2) is 5.82 Å². The quantitative estimate of drug-likeness (QED) is 0.905. The molecule has 100 valence electrons. The van der Waals surface area contributed by atoms with Gasteiger partial charge in [0.25, 0.3) is 0 Å². The zero-order valence-electron chi connectivity index (χ0n) is 11.2. The molecule has 0 amide bonds. The van der Waals surface area contributed by atoms with Gasteiger partial charge in [0, 0.05) is 6.42 Å². The van der Waals surface area contributed by atoms with E-state index in [2.05, 4.69) is 39.9 Å². The summed E-state index contributed by atoms with van der Waals surface area (Å²) in [5.74, 6) is 1.60. The van der Waals surface area contributed by atoms with E-state index in [-0.39, 0.29) is 0 Å². The second-order valence-corrected chi connectivity index (χ2v) is 5.21. The van der Waals surface area contributed by atoms with Crippen molar-refractivity contribution in [1.29, 1.82) is 0 Å². The fourth-order valence-electron chi connectivity index (χ4n) is 2.68. The molecule has 2 heterocycles. The first-order valence-electron chi connectivity index (χ1n) is 6.88. The third-order valence-corrected chi connectivity index (χ3v) is 3.75. The monoisotopic (exact) mass is 257 g/mol. The van der Waals surface area contributed by atoms with Crippen LogP contribution in [0.1, 0.15) is 24.2 Å². The zero-order chi connectivity index (χ0) is 13.1. The SMILES string of the molecule is Cc1ccccc1-n1nnnc1CC1CCCNC1. The second kappa shape index (κ2) is 5.48. The van der Waals surface area contributed by atoms with Crippen LogP contribution in [0.4, 0.5) is 0 Å². The van der Waals surface area contributed by atoms with Crippen molar-refractivity contribution < 1.29 is 0 Å². The van der Waals surface area contributed by atoms with Crippen LogP contribution in [0.25, 0.3) is 5.69 Å². The van der Waals surface area contributed by atoms with Gasteiger partial charge in [-0.05, 0) is 60.8 Å². The third-order valence-electron chi connectivity index (χ3n) is 3.75. The van der Waals surface area contributed by atoms with Gasteiger partial charge >= 0.3 is 0 Å². The van der Waals surface area contributed by atoms with E-state index in [0.29, 0.717) is 5.92 Å². The van der Waals surface area contributed by atoms with E-state index in [1.165, 1.54) is 18.4 Å². The van der Waals surface area contributed by atoms with Crippen LogP contribution >= 0.6 is 0 Å². The van der Waals surface area contributed by atoms with Crippen LogP contribution < -0.4 is 5.32 Å². The maximum atomic E-state index is 4.20. The minimum atomic E-state index is 0.641. The number of nitrogens with zero attached hydrogens (tertiary/aromatic N) is 4. The van der Waals surface area contributed by atoms with Crippen LogP contribution in [0.5, 0.6) is 0 Å². The third kappa shape index (κ3) is 2.66. The Labute approximate surface area is 113 Å². The molecule has 1 aliphatic rings. The summed E-state index contributed by atoms with van der Waals surface area (Å²) in [4.78, 5) is 0. The molecule has 0 radical (unpaired) electrons. The van der Waals surface area contributed by atoms with Crippen LogP contribution in [0, 0.1) is 12.8 Å². The summed E-state index contributed by atoms with van der Waals surface area (Å²) in [7, 11) is 0. The lowest BCUT2D eigenvalue weighted by Gasteiger charge is -2.22. The van der Waals surface area contributed by atoms with Crippen molar-refractivity contribution in [2.45, 2.75) is 26.2 Å². The molecule has 1 N–H and O–H groups in total. The molecule has 1 atom stereocenters. The Hall–Kier alpha value is -1.75. The molecule has 1 aromatic heterocycles. The maximum absolute atomic E-state index is 4.20. The van der Waals surface area contributed by atoms with Crippen molar-refractivity contribution in [3.63, 3.8) is 0 Å². The highest BCUT2D eigenvalue weighted by molar-refractivity contribution is 5.39. The highest BCUT2D eigenvalue weighted by atomic mass is 15.5. The normalized spacial score (nSPS) is 19.5. The van der Waals surface area contributed by atoms with Crippen molar-refractivity contribution in [1.82, 2.24) is 25.5 Å². The number of para-hydroxylation sites is 1. The number of nitrogens with one attached hydrogen (secondary N) is 1. The van der Waals surface area contributed by atoms with Gasteiger partial charge in [0.1, 0.15) is 0 Å². The summed E-state index contributed by atoms with van der Waals surface area (Å²) in [6, 6.07) is 8.21.